The monoisotopic (exact) mass is 986 g/mol. The maximum absolute atomic E-state index is 13.7. The highest BCUT2D eigenvalue weighted by atomic mass is 35.5. The van der Waals surface area contributed by atoms with Crippen molar-refractivity contribution in [3.63, 3.8) is 0 Å². The summed E-state index contributed by atoms with van der Waals surface area (Å²) in [5, 5.41) is 5.39. The molecule has 2 aliphatic heterocycles. The zero-order chi connectivity index (χ0) is 44.7. The van der Waals surface area contributed by atoms with Gasteiger partial charge in [-0.05, 0) is 89.5 Å². The second-order valence-electron chi connectivity index (χ2n) is 17.5. The third-order valence-corrected chi connectivity index (χ3v) is 11.5. The lowest BCUT2D eigenvalue weighted by atomic mass is 9.86. The number of likely N-dealkylation sites (tertiary alicyclic amines) is 2. The van der Waals surface area contributed by atoms with Gasteiger partial charge < -0.3 is 39.9 Å². The highest BCUT2D eigenvalue weighted by Gasteiger charge is 2.39. The van der Waals surface area contributed by atoms with Crippen LogP contribution < -0.4 is 10.6 Å². The van der Waals surface area contributed by atoms with E-state index in [9.17, 15) is 19.2 Å². The molecule has 4 atom stereocenters. The van der Waals surface area contributed by atoms with Crippen molar-refractivity contribution in [3.8, 4) is 46.1 Å². The first-order valence-electron chi connectivity index (χ1n) is 21.3. The van der Waals surface area contributed by atoms with Gasteiger partial charge in [-0.1, -0.05) is 84.7 Å². The summed E-state index contributed by atoms with van der Waals surface area (Å²) in [6, 6.07) is 12.6. The molecule has 4 N–H and O–H groups in total. The van der Waals surface area contributed by atoms with Gasteiger partial charge in [0, 0.05) is 24.2 Å². The number of halogens is 4. The zero-order valence-electron chi connectivity index (χ0n) is 38.8. The van der Waals surface area contributed by atoms with Crippen LogP contribution in [0.15, 0.2) is 54.9 Å². The van der Waals surface area contributed by atoms with E-state index in [1.54, 1.807) is 22.2 Å². The number of aromatic nitrogens is 4. The number of carbonyl (C=O) groups excluding carboxylic acids is 4. The molecule has 358 valence electrons. The Morgan fingerprint density at radius 1 is 0.697 bits per heavy atom. The maximum atomic E-state index is 13.7. The lowest BCUT2D eigenvalue weighted by Gasteiger charge is -2.30. The van der Waals surface area contributed by atoms with Gasteiger partial charge in [0.15, 0.2) is 0 Å². The molecule has 2 saturated heterocycles. The summed E-state index contributed by atoms with van der Waals surface area (Å²) in [5.41, 5.74) is 6.21. The first kappa shape index (κ1) is 56.7. The fourth-order valence-electron chi connectivity index (χ4n) is 8.01. The molecule has 0 radical (unpaired) electrons. The van der Waals surface area contributed by atoms with Crippen molar-refractivity contribution in [2.24, 2.45) is 11.8 Å². The lowest BCUT2D eigenvalue weighted by molar-refractivity contribution is -0.136. The number of carbonyl (C=O) groups is 4. The molecule has 0 bridgehead atoms. The average Bonchev–Trinajstić information content (AvgIpc) is 4.10. The summed E-state index contributed by atoms with van der Waals surface area (Å²) in [6.07, 6.45) is 5.27. The molecule has 4 heterocycles. The third-order valence-electron chi connectivity index (χ3n) is 11.5. The van der Waals surface area contributed by atoms with Crippen molar-refractivity contribution in [2.45, 2.75) is 104 Å². The van der Waals surface area contributed by atoms with Gasteiger partial charge in [0.2, 0.25) is 11.8 Å². The fourth-order valence-corrected chi connectivity index (χ4v) is 8.01. The molecule has 2 aromatic carbocycles. The smallest absolute Gasteiger partial charge is 0.407 e. The van der Waals surface area contributed by atoms with Gasteiger partial charge in [-0.15, -0.1) is 49.6 Å². The van der Waals surface area contributed by atoms with Crippen molar-refractivity contribution in [1.82, 2.24) is 40.4 Å². The van der Waals surface area contributed by atoms with E-state index in [0.29, 0.717) is 30.4 Å². The molecular weight excluding hydrogens is 926 g/mol. The largest absolute Gasteiger partial charge is 0.453 e. The average molecular weight is 989 g/mol. The summed E-state index contributed by atoms with van der Waals surface area (Å²) >= 11 is 0. The van der Waals surface area contributed by atoms with E-state index in [0.717, 1.165) is 53.6 Å². The van der Waals surface area contributed by atoms with E-state index in [2.05, 4.69) is 100 Å². The Morgan fingerprint density at radius 3 is 1.68 bits per heavy atom. The van der Waals surface area contributed by atoms with E-state index in [1.165, 1.54) is 19.8 Å². The van der Waals surface area contributed by atoms with Gasteiger partial charge in [0.25, 0.3) is 0 Å². The van der Waals surface area contributed by atoms with Gasteiger partial charge >= 0.3 is 12.2 Å². The predicted octanol–water partition coefficient (Wildman–Crippen LogP) is 8.94. The quantitative estimate of drug-likeness (QED) is 0.114. The first-order chi connectivity index (χ1) is 29.6. The summed E-state index contributed by atoms with van der Waals surface area (Å²) in [6.45, 7) is 15.2. The van der Waals surface area contributed by atoms with Crippen LogP contribution in [-0.4, -0.2) is 93.1 Å². The summed E-state index contributed by atoms with van der Waals surface area (Å²) in [5.74, 6) is 13.1. The topological polar surface area (TPSA) is 175 Å². The Balaban J connectivity index is 0.00000374. The molecule has 6 rings (SSSR count). The first-order valence-corrected chi connectivity index (χ1v) is 21.3. The van der Waals surface area contributed by atoms with Gasteiger partial charge in [0.1, 0.15) is 29.4 Å². The minimum atomic E-state index is -0.720. The minimum Gasteiger partial charge on any atom is -0.453 e. The number of hydrogen-bond acceptors (Lipinski definition) is 8. The van der Waals surface area contributed by atoms with Crippen LogP contribution in [0.2, 0.25) is 0 Å². The molecule has 0 unspecified atom stereocenters. The van der Waals surface area contributed by atoms with Crippen LogP contribution in [0.5, 0.6) is 0 Å². The molecule has 0 spiro atoms. The standard InChI is InChI=1S/C48H58N8O6.4ClH/c1-29(2)40(53-46(59)61-8)44(57)55-24-12-16-38(55)42-49-27-35(51-42)15-11-10-14-31-18-19-33(26-36(31)32-20-22-34(23-21-32)48(5,6)7)37-28-50-43(52-37)39-17-13-25-56(39)45(58)41(30(3)4)54-47(60)62-9;;;;/h18-23,26-30,38-41H,12-13,16-17,24-25H2,1-9H3,(H,49,51)(H,50,52)(H,53,59)(H,54,60);4*1H/t38-,39-,40-,41-;;;;/m0..../s1. The number of imidazole rings is 2. The zero-order valence-corrected chi connectivity index (χ0v) is 42.0. The van der Waals surface area contributed by atoms with Gasteiger partial charge in [-0.2, -0.15) is 0 Å². The van der Waals surface area contributed by atoms with Crippen LogP contribution in [0.25, 0.3) is 22.4 Å². The molecule has 0 saturated carbocycles. The van der Waals surface area contributed by atoms with Crippen LogP contribution in [0.3, 0.4) is 0 Å². The van der Waals surface area contributed by atoms with Crippen molar-refractivity contribution in [3.05, 3.63) is 83.3 Å². The summed E-state index contributed by atoms with van der Waals surface area (Å²) in [7, 11) is 2.56. The lowest BCUT2D eigenvalue weighted by Crippen LogP contribution is -2.51. The van der Waals surface area contributed by atoms with Crippen LogP contribution in [-0.2, 0) is 24.5 Å². The number of ether oxygens (including phenoxy) is 2. The number of nitrogens with zero attached hydrogens (tertiary/aromatic N) is 4. The third kappa shape index (κ3) is 13.4. The number of H-pyrrole nitrogens is 2. The minimum absolute atomic E-state index is 0. The number of aromatic amines is 2. The SMILES string of the molecule is COC(=O)N[C@H](C(=O)N1CCC[C@H]1c1ncc(C#CC#Cc2ccc(-c3cnc([C@@H]4CCCN4C(=O)[C@@H](NC(=O)OC)C(C)C)[nH]3)cc2-c2ccc(C(C)(C)C)cc2)[nH]1)C(C)C.Cl.Cl.Cl.Cl. The number of rotatable bonds is 10. The second-order valence-corrected chi connectivity index (χ2v) is 17.5. The number of hydrogen-bond donors (Lipinski definition) is 4. The van der Waals surface area contributed by atoms with E-state index in [4.69, 9.17) is 14.5 Å². The Bertz CT molecular complexity index is 2410. The predicted molar refractivity (Wildman–Crippen MR) is 265 cm³/mol. The van der Waals surface area contributed by atoms with Crippen molar-refractivity contribution in [1.29, 1.82) is 0 Å². The van der Waals surface area contributed by atoms with Crippen LogP contribution in [0.4, 0.5) is 9.59 Å². The molecule has 2 fully saturated rings. The van der Waals surface area contributed by atoms with Crippen molar-refractivity contribution < 1.29 is 28.7 Å². The molecule has 66 heavy (non-hydrogen) atoms. The Kier molecular flexibility index (Phi) is 21.5. The van der Waals surface area contributed by atoms with Crippen LogP contribution in [0.1, 0.15) is 115 Å². The fraction of sp³-hybridized carbons (Fsp3) is 0.458. The van der Waals surface area contributed by atoms with Crippen molar-refractivity contribution >= 4 is 73.6 Å². The van der Waals surface area contributed by atoms with E-state index in [1.807, 2.05) is 39.8 Å². The number of benzene rings is 2. The summed E-state index contributed by atoms with van der Waals surface area (Å²) in [4.78, 5) is 71.0. The number of nitrogens with one attached hydrogen (secondary N) is 4. The van der Waals surface area contributed by atoms with Crippen molar-refractivity contribution in [2.75, 3.05) is 27.3 Å². The number of methoxy groups -OCH3 is 2. The number of alkyl carbamates (subject to hydrolysis) is 2. The normalized spacial score (nSPS) is 16.1. The van der Waals surface area contributed by atoms with Gasteiger partial charge in [-0.25, -0.2) is 19.6 Å². The molecule has 2 aromatic heterocycles. The molecule has 18 heteroatoms. The molecule has 4 amide bonds. The molecule has 0 aliphatic carbocycles. The van der Waals surface area contributed by atoms with E-state index in [-0.39, 0.29) is 90.8 Å². The highest BCUT2D eigenvalue weighted by Crippen LogP contribution is 2.35. The molecule has 4 aromatic rings. The molecular formula is C48H62Cl4N8O6. The Hall–Kier alpha value is -5.38. The van der Waals surface area contributed by atoms with Crippen LogP contribution in [0, 0.1) is 35.5 Å². The Labute approximate surface area is 413 Å². The van der Waals surface area contributed by atoms with Gasteiger partial charge in [-0.3, -0.25) is 9.59 Å². The van der Waals surface area contributed by atoms with E-state index >= 15 is 0 Å². The Morgan fingerprint density at radius 2 is 1.18 bits per heavy atom. The van der Waals surface area contributed by atoms with Gasteiger partial charge in [0.05, 0.1) is 44.4 Å². The molecule has 14 nitrogen and oxygen atoms in total. The van der Waals surface area contributed by atoms with Crippen LogP contribution >= 0.6 is 49.6 Å². The maximum Gasteiger partial charge on any atom is 0.407 e. The molecule has 2 aliphatic rings. The van der Waals surface area contributed by atoms with E-state index < -0.39 is 24.3 Å². The summed E-state index contributed by atoms with van der Waals surface area (Å²) < 4.78 is 9.55. The number of amides is 4. The highest BCUT2D eigenvalue weighted by molar-refractivity contribution is 5.88. The second kappa shape index (κ2) is 24.9.